The normalized spacial score (nSPS) is 15.6. The minimum absolute atomic E-state index is 0.455. The first-order valence-electron chi connectivity index (χ1n) is 9.26. The van der Waals surface area contributed by atoms with Crippen LogP contribution in [0.3, 0.4) is 0 Å². The van der Waals surface area contributed by atoms with E-state index in [0.717, 1.165) is 50.0 Å². The fraction of sp³-hybridized carbons (Fsp3) is 0.350. The summed E-state index contributed by atoms with van der Waals surface area (Å²) in [5.41, 5.74) is 1.45. The topological polar surface area (TPSA) is 58.3 Å². The zero-order chi connectivity index (χ0) is 19.5. The number of aromatic nitrogens is 3. The van der Waals surface area contributed by atoms with E-state index in [1.807, 2.05) is 12.1 Å². The lowest BCUT2D eigenvalue weighted by atomic mass is 10.2. The van der Waals surface area contributed by atoms with Gasteiger partial charge in [0.1, 0.15) is 17.5 Å². The van der Waals surface area contributed by atoms with Crippen LogP contribution in [-0.2, 0) is 6.54 Å². The Morgan fingerprint density at radius 3 is 2.64 bits per heavy atom. The molecule has 146 valence electrons. The summed E-state index contributed by atoms with van der Waals surface area (Å²) in [6, 6.07) is 7.45. The van der Waals surface area contributed by atoms with Crippen LogP contribution in [0, 0.1) is 18.6 Å². The maximum atomic E-state index is 13.5. The van der Waals surface area contributed by atoms with E-state index in [1.54, 1.807) is 13.1 Å². The molecule has 0 amide bonds. The fourth-order valence-electron chi connectivity index (χ4n) is 3.52. The molecule has 0 aliphatic carbocycles. The van der Waals surface area contributed by atoms with Crippen LogP contribution >= 0.6 is 0 Å². The SMILES string of the molecule is Cc1noc(-c2cccnc2N2CCCN(Cc3cc(F)cc(F)c3)CC2)n1. The third kappa shape index (κ3) is 4.17. The van der Waals surface area contributed by atoms with Crippen molar-refractivity contribution in [3.05, 3.63) is 59.6 Å². The molecule has 0 atom stereocenters. The molecule has 8 heteroatoms. The molecule has 0 unspecified atom stereocenters. The Morgan fingerprint density at radius 2 is 1.89 bits per heavy atom. The number of halogens is 2. The fourth-order valence-corrected chi connectivity index (χ4v) is 3.52. The highest BCUT2D eigenvalue weighted by molar-refractivity contribution is 5.69. The average molecular weight is 385 g/mol. The average Bonchev–Trinajstić information content (AvgIpc) is 2.96. The highest BCUT2D eigenvalue weighted by Gasteiger charge is 2.21. The molecule has 28 heavy (non-hydrogen) atoms. The molecular formula is C20H21F2N5O. The van der Waals surface area contributed by atoms with Gasteiger partial charge in [-0.25, -0.2) is 13.8 Å². The zero-order valence-electron chi connectivity index (χ0n) is 15.6. The van der Waals surface area contributed by atoms with Crippen molar-refractivity contribution in [2.24, 2.45) is 0 Å². The van der Waals surface area contributed by atoms with Crippen molar-refractivity contribution in [1.29, 1.82) is 0 Å². The summed E-state index contributed by atoms with van der Waals surface area (Å²) >= 11 is 0. The second kappa shape index (κ2) is 8.02. The Morgan fingerprint density at radius 1 is 1.07 bits per heavy atom. The molecule has 0 radical (unpaired) electrons. The van der Waals surface area contributed by atoms with Crippen molar-refractivity contribution in [3.63, 3.8) is 0 Å². The maximum Gasteiger partial charge on any atom is 0.261 e. The summed E-state index contributed by atoms with van der Waals surface area (Å²) in [5, 5.41) is 3.87. The van der Waals surface area contributed by atoms with Crippen LogP contribution in [0.4, 0.5) is 14.6 Å². The molecule has 3 aromatic rings. The van der Waals surface area contributed by atoms with Crippen LogP contribution < -0.4 is 4.90 Å². The van der Waals surface area contributed by atoms with E-state index in [4.69, 9.17) is 4.52 Å². The quantitative estimate of drug-likeness (QED) is 0.686. The second-order valence-corrected chi connectivity index (χ2v) is 6.92. The highest BCUT2D eigenvalue weighted by atomic mass is 19.1. The number of pyridine rings is 1. The smallest absolute Gasteiger partial charge is 0.261 e. The van der Waals surface area contributed by atoms with Gasteiger partial charge in [-0.3, -0.25) is 4.90 Å². The summed E-state index contributed by atoms with van der Waals surface area (Å²) in [4.78, 5) is 13.3. The molecule has 0 bridgehead atoms. The molecule has 1 fully saturated rings. The second-order valence-electron chi connectivity index (χ2n) is 6.92. The van der Waals surface area contributed by atoms with Crippen molar-refractivity contribution >= 4 is 5.82 Å². The van der Waals surface area contributed by atoms with Crippen molar-refractivity contribution in [2.45, 2.75) is 19.9 Å². The Labute approximate surface area is 161 Å². The van der Waals surface area contributed by atoms with Gasteiger partial charge in [0.15, 0.2) is 5.82 Å². The molecule has 0 N–H and O–H groups in total. The minimum atomic E-state index is -0.542. The lowest BCUT2D eigenvalue weighted by Crippen LogP contribution is -2.31. The lowest BCUT2D eigenvalue weighted by molar-refractivity contribution is 0.284. The molecule has 0 saturated carbocycles. The van der Waals surface area contributed by atoms with E-state index in [1.165, 1.54) is 12.1 Å². The first-order valence-corrected chi connectivity index (χ1v) is 9.26. The van der Waals surface area contributed by atoms with Gasteiger partial charge in [0.25, 0.3) is 5.89 Å². The van der Waals surface area contributed by atoms with Gasteiger partial charge in [-0.15, -0.1) is 0 Å². The van der Waals surface area contributed by atoms with Gasteiger partial charge in [-0.1, -0.05) is 5.16 Å². The molecule has 1 aromatic carbocycles. The van der Waals surface area contributed by atoms with E-state index in [-0.39, 0.29) is 0 Å². The van der Waals surface area contributed by atoms with Crippen molar-refractivity contribution in [3.8, 4) is 11.5 Å². The number of rotatable bonds is 4. The Kier molecular flexibility index (Phi) is 5.29. The van der Waals surface area contributed by atoms with Crippen LogP contribution in [0.5, 0.6) is 0 Å². The predicted molar refractivity (Wildman–Crippen MR) is 101 cm³/mol. The molecule has 2 aromatic heterocycles. The van der Waals surface area contributed by atoms with Crippen LogP contribution in [0.25, 0.3) is 11.5 Å². The monoisotopic (exact) mass is 385 g/mol. The first-order chi connectivity index (χ1) is 13.6. The molecule has 0 spiro atoms. The van der Waals surface area contributed by atoms with Gasteiger partial charge in [0.05, 0.1) is 5.56 Å². The van der Waals surface area contributed by atoms with Crippen molar-refractivity contribution in [1.82, 2.24) is 20.0 Å². The van der Waals surface area contributed by atoms with E-state index < -0.39 is 11.6 Å². The minimum Gasteiger partial charge on any atom is -0.355 e. The summed E-state index contributed by atoms with van der Waals surface area (Å²) in [6.07, 6.45) is 2.66. The van der Waals surface area contributed by atoms with E-state index >= 15 is 0 Å². The van der Waals surface area contributed by atoms with Gasteiger partial charge < -0.3 is 9.42 Å². The number of hydrogen-bond donors (Lipinski definition) is 0. The first kappa shape index (κ1) is 18.5. The molecule has 1 aliphatic rings. The van der Waals surface area contributed by atoms with Crippen LogP contribution in [-0.4, -0.2) is 46.2 Å². The zero-order valence-corrected chi connectivity index (χ0v) is 15.6. The molecule has 3 heterocycles. The third-order valence-electron chi connectivity index (χ3n) is 4.76. The number of aryl methyl sites for hydroxylation is 1. The van der Waals surface area contributed by atoms with Crippen molar-refractivity contribution < 1.29 is 13.3 Å². The number of nitrogens with zero attached hydrogens (tertiary/aromatic N) is 5. The standard InChI is InChI=1S/C20H21F2N5O/c1-14-24-20(28-25-14)18-4-2-5-23-19(18)27-7-3-6-26(8-9-27)13-15-10-16(21)12-17(22)11-15/h2,4-5,10-12H,3,6-9,13H2,1H3. The summed E-state index contributed by atoms with van der Waals surface area (Å²) in [7, 11) is 0. The third-order valence-corrected chi connectivity index (χ3v) is 4.76. The molecule has 4 rings (SSSR count). The largest absolute Gasteiger partial charge is 0.355 e. The van der Waals surface area contributed by atoms with Crippen LogP contribution in [0.2, 0.25) is 0 Å². The summed E-state index contributed by atoms with van der Waals surface area (Å²) in [6.45, 7) is 5.47. The van der Waals surface area contributed by atoms with E-state index in [2.05, 4.69) is 24.9 Å². The van der Waals surface area contributed by atoms with Gasteiger partial charge in [-0.05, 0) is 43.2 Å². The van der Waals surface area contributed by atoms with Crippen LogP contribution in [0.1, 0.15) is 17.8 Å². The molecule has 1 saturated heterocycles. The number of hydrogen-bond acceptors (Lipinski definition) is 6. The summed E-state index contributed by atoms with van der Waals surface area (Å²) in [5.74, 6) is 0.759. The maximum absolute atomic E-state index is 13.5. The molecule has 1 aliphatic heterocycles. The molecular weight excluding hydrogens is 364 g/mol. The summed E-state index contributed by atoms with van der Waals surface area (Å²) < 4.78 is 32.2. The highest BCUT2D eigenvalue weighted by Crippen LogP contribution is 2.28. The van der Waals surface area contributed by atoms with E-state index in [0.29, 0.717) is 23.8 Å². The van der Waals surface area contributed by atoms with Crippen molar-refractivity contribution in [2.75, 3.05) is 31.1 Å². The van der Waals surface area contributed by atoms with Gasteiger partial charge >= 0.3 is 0 Å². The van der Waals surface area contributed by atoms with E-state index in [9.17, 15) is 8.78 Å². The molecule has 6 nitrogen and oxygen atoms in total. The predicted octanol–water partition coefficient (Wildman–Crippen LogP) is 3.43. The van der Waals surface area contributed by atoms with Crippen LogP contribution in [0.15, 0.2) is 41.1 Å². The number of benzene rings is 1. The van der Waals surface area contributed by atoms with Gasteiger partial charge in [0, 0.05) is 45.0 Å². The Bertz CT molecular complexity index is 941. The lowest BCUT2D eigenvalue weighted by Gasteiger charge is -2.24. The van der Waals surface area contributed by atoms with Gasteiger partial charge in [0.2, 0.25) is 0 Å². The van der Waals surface area contributed by atoms with Gasteiger partial charge in [-0.2, -0.15) is 4.98 Å². The Hall–Kier alpha value is -2.87. The number of anilines is 1. The Balaban J connectivity index is 1.49.